The molecule has 0 aliphatic heterocycles. The molecular weight excluding hydrogens is 258 g/mol. The van der Waals surface area contributed by atoms with Gasteiger partial charge in [-0.1, -0.05) is 43.2 Å². The molecule has 0 saturated carbocycles. The second-order valence-electron chi connectivity index (χ2n) is 4.97. The Morgan fingerprint density at radius 1 is 1.42 bits per heavy atom. The normalized spacial score (nSPS) is 18.8. The van der Waals surface area contributed by atoms with E-state index >= 15 is 0 Å². The molecule has 0 bridgehead atoms. The van der Waals surface area contributed by atoms with Crippen molar-refractivity contribution in [3.05, 3.63) is 52.1 Å². The van der Waals surface area contributed by atoms with Gasteiger partial charge in [0.25, 0.3) is 0 Å². The highest BCUT2D eigenvalue weighted by molar-refractivity contribution is 6.31. The fraction of sp³-hybridized carbons (Fsp3) is 0.312. The third-order valence-corrected chi connectivity index (χ3v) is 3.81. The monoisotopic (exact) mass is 275 g/mol. The second kappa shape index (κ2) is 5.62. The fourth-order valence-electron chi connectivity index (χ4n) is 2.39. The molecule has 0 saturated heterocycles. The molecule has 0 amide bonds. The molecule has 0 radical (unpaired) electrons. The van der Waals surface area contributed by atoms with Crippen LogP contribution < -0.4 is 5.73 Å². The molecule has 0 heterocycles. The van der Waals surface area contributed by atoms with Crippen LogP contribution in [0.15, 0.2) is 41.5 Å². The summed E-state index contributed by atoms with van der Waals surface area (Å²) in [6, 6.07) is 5.02. The van der Waals surface area contributed by atoms with Gasteiger partial charge in [0.15, 0.2) is 5.78 Å². The summed E-state index contributed by atoms with van der Waals surface area (Å²) in [7, 11) is 0. The summed E-state index contributed by atoms with van der Waals surface area (Å²) in [4.78, 5) is 12.5. The molecule has 2 nitrogen and oxygen atoms in total. The maximum Gasteiger partial charge on any atom is 0.191 e. The number of allylic oxidation sites excluding steroid dienone is 4. The van der Waals surface area contributed by atoms with Crippen molar-refractivity contribution < 1.29 is 4.79 Å². The Labute approximate surface area is 119 Å². The van der Waals surface area contributed by atoms with E-state index in [2.05, 4.69) is 13.8 Å². The Morgan fingerprint density at radius 2 is 2.16 bits per heavy atom. The number of benzene rings is 1. The Bertz CT molecular complexity index is 572. The molecule has 3 heteroatoms. The quantitative estimate of drug-likeness (QED) is 0.656. The van der Waals surface area contributed by atoms with Crippen molar-refractivity contribution in [1.29, 1.82) is 0 Å². The van der Waals surface area contributed by atoms with Gasteiger partial charge in [-0.2, -0.15) is 0 Å². The van der Waals surface area contributed by atoms with Crippen LogP contribution in [0.5, 0.6) is 0 Å². The van der Waals surface area contributed by atoms with E-state index in [-0.39, 0.29) is 11.7 Å². The molecule has 1 aromatic rings. The van der Waals surface area contributed by atoms with Crippen LogP contribution in [0.25, 0.3) is 0 Å². The minimum Gasteiger partial charge on any atom is -0.398 e. The number of rotatable bonds is 3. The minimum atomic E-state index is -0.0149. The first-order valence-electron chi connectivity index (χ1n) is 6.52. The third-order valence-electron chi connectivity index (χ3n) is 3.57. The number of Topliss-reactive ketones (excluding diaryl/α,β-unsaturated/α-hetero) is 1. The molecule has 2 rings (SSSR count). The lowest BCUT2D eigenvalue weighted by molar-refractivity contribution is 0.102. The van der Waals surface area contributed by atoms with E-state index in [1.165, 1.54) is 5.57 Å². The molecular formula is C16H18ClNO. The number of ketones is 1. The number of hydrogen-bond acceptors (Lipinski definition) is 2. The number of carbonyl (C=O) groups excluding carboxylic acids is 1. The van der Waals surface area contributed by atoms with Crippen molar-refractivity contribution in [2.75, 3.05) is 5.73 Å². The highest BCUT2D eigenvalue weighted by atomic mass is 35.5. The second-order valence-corrected chi connectivity index (χ2v) is 5.40. The first-order chi connectivity index (χ1) is 9.02. The maximum absolute atomic E-state index is 12.5. The van der Waals surface area contributed by atoms with E-state index in [1.807, 2.05) is 12.2 Å². The summed E-state index contributed by atoms with van der Waals surface area (Å²) in [5.41, 5.74) is 9.04. The van der Waals surface area contributed by atoms with Crippen LogP contribution in [0.1, 0.15) is 37.0 Å². The van der Waals surface area contributed by atoms with Gasteiger partial charge in [0.1, 0.15) is 0 Å². The molecule has 0 aromatic heterocycles. The highest BCUT2D eigenvalue weighted by Gasteiger charge is 2.23. The molecule has 0 spiro atoms. The van der Waals surface area contributed by atoms with Gasteiger partial charge in [-0.15, -0.1) is 0 Å². The van der Waals surface area contributed by atoms with Crippen LogP contribution in [0.3, 0.4) is 0 Å². The molecule has 1 atom stereocenters. The van der Waals surface area contributed by atoms with E-state index in [0.29, 0.717) is 16.3 Å². The first kappa shape index (κ1) is 13.9. The summed E-state index contributed by atoms with van der Waals surface area (Å²) in [5, 5.41) is 0.534. The molecule has 100 valence electrons. The predicted octanol–water partition coefficient (Wildman–Crippen LogP) is 4.41. The summed E-state index contributed by atoms with van der Waals surface area (Å²) in [6.07, 6.45) is 5.94. The van der Waals surface area contributed by atoms with Crippen LogP contribution >= 0.6 is 11.6 Å². The summed E-state index contributed by atoms with van der Waals surface area (Å²) in [6.45, 7) is 4.21. The van der Waals surface area contributed by atoms with Crippen LogP contribution in [-0.2, 0) is 0 Å². The van der Waals surface area contributed by atoms with Crippen LogP contribution in [-0.4, -0.2) is 5.78 Å². The Kier molecular flexibility index (Phi) is 4.11. The van der Waals surface area contributed by atoms with E-state index in [0.717, 1.165) is 18.4 Å². The number of carbonyl (C=O) groups is 1. The molecule has 0 fully saturated rings. The number of nitrogens with two attached hydrogens (primary N) is 1. The van der Waals surface area contributed by atoms with E-state index in [1.54, 1.807) is 18.2 Å². The van der Waals surface area contributed by atoms with Crippen molar-refractivity contribution in [2.24, 2.45) is 5.92 Å². The van der Waals surface area contributed by atoms with Gasteiger partial charge in [-0.05, 0) is 37.0 Å². The standard InChI is InChI=1S/C16H18ClNO/c1-3-11-4-6-13(10(2)8-11)16(19)14-9-12(17)5-7-15(14)18/h4-7,9-10H,3,8,18H2,1-2H3. The molecule has 2 N–H and O–H groups in total. The largest absolute Gasteiger partial charge is 0.398 e. The van der Waals surface area contributed by atoms with Crippen LogP contribution in [0.4, 0.5) is 5.69 Å². The number of hydrogen-bond donors (Lipinski definition) is 1. The van der Waals surface area contributed by atoms with E-state index < -0.39 is 0 Å². The fourth-order valence-corrected chi connectivity index (χ4v) is 2.56. The maximum atomic E-state index is 12.5. The lowest BCUT2D eigenvalue weighted by Gasteiger charge is -2.20. The minimum absolute atomic E-state index is 0.0149. The van der Waals surface area contributed by atoms with Gasteiger partial charge in [-0.25, -0.2) is 0 Å². The van der Waals surface area contributed by atoms with Gasteiger partial charge >= 0.3 is 0 Å². The number of anilines is 1. The van der Waals surface area contributed by atoms with Gasteiger partial charge in [0, 0.05) is 21.8 Å². The Hall–Kier alpha value is -1.54. The smallest absolute Gasteiger partial charge is 0.191 e. The first-order valence-corrected chi connectivity index (χ1v) is 6.90. The topological polar surface area (TPSA) is 43.1 Å². The molecule has 1 aromatic carbocycles. The highest BCUT2D eigenvalue weighted by Crippen LogP contribution is 2.30. The summed E-state index contributed by atoms with van der Waals surface area (Å²) >= 11 is 5.94. The SMILES string of the molecule is CCC1=CC=C(C(=O)c2cc(Cl)ccc2N)C(C)C1. The van der Waals surface area contributed by atoms with Gasteiger partial charge in [-0.3, -0.25) is 4.79 Å². The zero-order valence-corrected chi connectivity index (χ0v) is 12.0. The van der Waals surface area contributed by atoms with E-state index in [9.17, 15) is 4.79 Å². The molecule has 1 unspecified atom stereocenters. The average molecular weight is 276 g/mol. The molecule has 1 aliphatic carbocycles. The van der Waals surface area contributed by atoms with Crippen molar-refractivity contribution in [1.82, 2.24) is 0 Å². The predicted molar refractivity (Wildman–Crippen MR) is 80.4 cm³/mol. The Balaban J connectivity index is 2.37. The van der Waals surface area contributed by atoms with Crippen molar-refractivity contribution >= 4 is 23.1 Å². The van der Waals surface area contributed by atoms with Gasteiger partial charge in [0.2, 0.25) is 0 Å². The zero-order valence-electron chi connectivity index (χ0n) is 11.2. The van der Waals surface area contributed by atoms with Gasteiger partial charge in [0.05, 0.1) is 0 Å². The van der Waals surface area contributed by atoms with Crippen LogP contribution in [0, 0.1) is 5.92 Å². The molecule has 19 heavy (non-hydrogen) atoms. The average Bonchev–Trinajstić information content (AvgIpc) is 2.40. The third kappa shape index (κ3) is 2.90. The van der Waals surface area contributed by atoms with Gasteiger partial charge < -0.3 is 5.73 Å². The summed E-state index contributed by atoms with van der Waals surface area (Å²) in [5.74, 6) is 0.213. The number of halogens is 1. The van der Waals surface area contributed by atoms with Crippen molar-refractivity contribution in [3.63, 3.8) is 0 Å². The molecule has 1 aliphatic rings. The van der Waals surface area contributed by atoms with Crippen molar-refractivity contribution in [2.45, 2.75) is 26.7 Å². The lowest BCUT2D eigenvalue weighted by atomic mass is 9.83. The summed E-state index contributed by atoms with van der Waals surface area (Å²) < 4.78 is 0. The van der Waals surface area contributed by atoms with Crippen LogP contribution in [0.2, 0.25) is 5.02 Å². The van der Waals surface area contributed by atoms with E-state index in [4.69, 9.17) is 17.3 Å². The number of nitrogen functional groups attached to an aromatic ring is 1. The Morgan fingerprint density at radius 3 is 2.79 bits per heavy atom. The zero-order chi connectivity index (χ0) is 14.0. The van der Waals surface area contributed by atoms with Crippen molar-refractivity contribution in [3.8, 4) is 0 Å². The lowest BCUT2D eigenvalue weighted by Crippen LogP contribution is -2.15.